The van der Waals surface area contributed by atoms with Crippen molar-refractivity contribution in [1.82, 2.24) is 20.2 Å². The van der Waals surface area contributed by atoms with E-state index >= 15 is 0 Å². The van der Waals surface area contributed by atoms with Crippen LogP contribution < -0.4 is 5.32 Å². The van der Waals surface area contributed by atoms with E-state index in [4.69, 9.17) is 0 Å². The number of aryl methyl sites for hydroxylation is 1. The maximum absolute atomic E-state index is 12.0. The number of aromatic amines is 1. The molecule has 2 N–H and O–H groups in total. The third-order valence-electron chi connectivity index (χ3n) is 4.64. The first-order chi connectivity index (χ1) is 11.2. The Balaban J connectivity index is 1.42. The van der Waals surface area contributed by atoms with E-state index in [1.54, 1.807) is 0 Å². The Kier molecular flexibility index (Phi) is 5.28. The molecule has 1 unspecified atom stereocenters. The number of carbonyl (C=O) groups excluding carboxylic acids is 1. The van der Waals surface area contributed by atoms with Gasteiger partial charge in [0.05, 0.1) is 11.0 Å². The summed E-state index contributed by atoms with van der Waals surface area (Å²) in [5.41, 5.74) is 1.99. The van der Waals surface area contributed by atoms with Crippen molar-refractivity contribution in [2.75, 3.05) is 19.6 Å². The van der Waals surface area contributed by atoms with Crippen LogP contribution in [-0.4, -0.2) is 46.5 Å². The van der Waals surface area contributed by atoms with E-state index in [2.05, 4.69) is 27.1 Å². The predicted molar refractivity (Wildman–Crippen MR) is 92.3 cm³/mol. The largest absolute Gasteiger partial charge is 0.355 e. The summed E-state index contributed by atoms with van der Waals surface area (Å²) in [4.78, 5) is 22.3. The molecular formula is C18H26N4O. The van der Waals surface area contributed by atoms with Crippen LogP contribution in [-0.2, 0) is 11.2 Å². The first-order valence-electron chi connectivity index (χ1n) is 8.67. The number of hydrogen-bond acceptors (Lipinski definition) is 3. The molecule has 1 amide bonds. The van der Waals surface area contributed by atoms with Crippen LogP contribution in [0.15, 0.2) is 24.3 Å². The van der Waals surface area contributed by atoms with Crippen LogP contribution in [0.4, 0.5) is 0 Å². The lowest BCUT2D eigenvalue weighted by Gasteiger charge is -2.32. The molecule has 5 heteroatoms. The van der Waals surface area contributed by atoms with Crippen LogP contribution in [0, 0.1) is 0 Å². The summed E-state index contributed by atoms with van der Waals surface area (Å²) in [5, 5.41) is 3.06. The maximum atomic E-state index is 12.0. The Morgan fingerprint density at radius 2 is 2.09 bits per heavy atom. The second-order valence-electron chi connectivity index (χ2n) is 6.45. The zero-order chi connectivity index (χ0) is 16.1. The number of nitrogens with one attached hydrogen (secondary N) is 2. The third kappa shape index (κ3) is 4.32. The summed E-state index contributed by atoms with van der Waals surface area (Å²) in [7, 11) is 0. The summed E-state index contributed by atoms with van der Waals surface area (Å²) in [6.07, 6.45) is 5.03. The molecule has 5 nitrogen and oxygen atoms in total. The molecule has 1 saturated heterocycles. The van der Waals surface area contributed by atoms with E-state index in [1.165, 1.54) is 19.3 Å². The normalized spacial score (nSPS) is 17.3. The van der Waals surface area contributed by atoms with E-state index in [0.29, 0.717) is 18.9 Å². The van der Waals surface area contributed by atoms with Gasteiger partial charge in [-0.2, -0.15) is 0 Å². The molecule has 1 atom stereocenters. The Morgan fingerprint density at radius 3 is 2.87 bits per heavy atom. The Bertz CT molecular complexity index is 612. The number of hydrogen-bond donors (Lipinski definition) is 2. The molecule has 1 aromatic heterocycles. The van der Waals surface area contributed by atoms with E-state index in [9.17, 15) is 4.79 Å². The number of likely N-dealkylation sites (tertiary alicyclic amines) is 1. The average Bonchev–Trinajstić information content (AvgIpc) is 3.01. The second-order valence-corrected chi connectivity index (χ2v) is 6.45. The van der Waals surface area contributed by atoms with E-state index in [-0.39, 0.29) is 5.91 Å². The van der Waals surface area contributed by atoms with Crippen molar-refractivity contribution in [2.24, 2.45) is 0 Å². The standard InChI is InChI=1S/C18H26N4O/c1-14(22-11-5-2-6-12-22)13-19-18(23)10-9-17-20-15-7-3-4-8-16(15)21-17/h3-4,7-8,14H,2,5-6,9-13H2,1H3,(H,19,23)(H,20,21). The molecule has 2 heterocycles. The lowest BCUT2D eigenvalue weighted by atomic mass is 10.1. The minimum Gasteiger partial charge on any atom is -0.355 e. The first-order valence-corrected chi connectivity index (χ1v) is 8.67. The van der Waals surface area contributed by atoms with Gasteiger partial charge >= 0.3 is 0 Å². The highest BCUT2D eigenvalue weighted by molar-refractivity contribution is 5.77. The molecule has 0 bridgehead atoms. The molecule has 2 aromatic rings. The van der Waals surface area contributed by atoms with Crippen molar-refractivity contribution in [1.29, 1.82) is 0 Å². The molecule has 3 rings (SSSR count). The van der Waals surface area contributed by atoms with Gasteiger partial charge in [-0.05, 0) is 45.0 Å². The van der Waals surface area contributed by atoms with E-state index < -0.39 is 0 Å². The molecule has 0 aliphatic carbocycles. The van der Waals surface area contributed by atoms with Gasteiger partial charge < -0.3 is 10.3 Å². The van der Waals surface area contributed by atoms with Gasteiger partial charge in [0.1, 0.15) is 5.82 Å². The fourth-order valence-electron chi connectivity index (χ4n) is 3.19. The highest BCUT2D eigenvalue weighted by Crippen LogP contribution is 2.12. The van der Waals surface area contributed by atoms with Gasteiger partial charge in [-0.3, -0.25) is 9.69 Å². The molecule has 124 valence electrons. The van der Waals surface area contributed by atoms with Gasteiger partial charge in [0.15, 0.2) is 0 Å². The summed E-state index contributed by atoms with van der Waals surface area (Å²) in [6, 6.07) is 8.37. The average molecular weight is 314 g/mol. The molecule has 0 spiro atoms. The van der Waals surface area contributed by atoms with Gasteiger partial charge in [0.25, 0.3) is 0 Å². The van der Waals surface area contributed by atoms with Gasteiger partial charge in [-0.25, -0.2) is 4.98 Å². The number of fused-ring (bicyclic) bond motifs is 1. The topological polar surface area (TPSA) is 61.0 Å². The van der Waals surface area contributed by atoms with Crippen LogP contribution in [0.5, 0.6) is 0 Å². The Hall–Kier alpha value is -1.88. The lowest BCUT2D eigenvalue weighted by molar-refractivity contribution is -0.121. The van der Waals surface area contributed by atoms with Crippen LogP contribution in [0.3, 0.4) is 0 Å². The number of para-hydroxylation sites is 2. The van der Waals surface area contributed by atoms with Gasteiger partial charge in [0.2, 0.25) is 5.91 Å². The molecule has 1 fully saturated rings. The van der Waals surface area contributed by atoms with Crippen molar-refractivity contribution in [3.8, 4) is 0 Å². The van der Waals surface area contributed by atoms with E-state index in [0.717, 1.165) is 36.5 Å². The number of carbonyl (C=O) groups is 1. The molecule has 1 aromatic carbocycles. The highest BCUT2D eigenvalue weighted by Gasteiger charge is 2.17. The number of benzene rings is 1. The maximum Gasteiger partial charge on any atom is 0.220 e. The van der Waals surface area contributed by atoms with Crippen molar-refractivity contribution in [3.05, 3.63) is 30.1 Å². The smallest absolute Gasteiger partial charge is 0.220 e. The minimum atomic E-state index is 0.106. The van der Waals surface area contributed by atoms with Crippen LogP contribution in [0.2, 0.25) is 0 Å². The van der Waals surface area contributed by atoms with E-state index in [1.807, 2.05) is 24.3 Å². The number of amides is 1. The Labute approximate surface area is 137 Å². The molecular weight excluding hydrogens is 288 g/mol. The molecule has 1 aliphatic rings. The summed E-state index contributed by atoms with van der Waals surface area (Å²) in [5.74, 6) is 0.986. The summed E-state index contributed by atoms with van der Waals surface area (Å²) < 4.78 is 0. The number of aromatic nitrogens is 2. The Morgan fingerprint density at radius 1 is 1.30 bits per heavy atom. The zero-order valence-electron chi connectivity index (χ0n) is 13.8. The number of H-pyrrole nitrogens is 1. The quantitative estimate of drug-likeness (QED) is 0.861. The SMILES string of the molecule is CC(CNC(=O)CCc1nc2ccccc2[nH]1)N1CCCCC1. The number of nitrogens with zero attached hydrogens (tertiary/aromatic N) is 2. The van der Waals surface area contributed by atoms with Crippen LogP contribution >= 0.6 is 0 Å². The number of imidazole rings is 1. The predicted octanol–water partition coefficient (Wildman–Crippen LogP) is 2.49. The zero-order valence-corrected chi connectivity index (χ0v) is 13.8. The molecule has 1 aliphatic heterocycles. The van der Waals surface area contributed by atoms with Crippen molar-refractivity contribution in [2.45, 2.75) is 45.1 Å². The second kappa shape index (κ2) is 7.59. The molecule has 0 saturated carbocycles. The number of rotatable bonds is 6. The summed E-state index contributed by atoms with van der Waals surface area (Å²) in [6.45, 7) is 5.26. The summed E-state index contributed by atoms with van der Waals surface area (Å²) >= 11 is 0. The van der Waals surface area contributed by atoms with Crippen molar-refractivity contribution >= 4 is 16.9 Å². The van der Waals surface area contributed by atoms with Gasteiger partial charge in [-0.1, -0.05) is 18.6 Å². The van der Waals surface area contributed by atoms with Crippen LogP contribution in [0.25, 0.3) is 11.0 Å². The third-order valence-corrected chi connectivity index (χ3v) is 4.64. The van der Waals surface area contributed by atoms with Crippen LogP contribution in [0.1, 0.15) is 38.4 Å². The van der Waals surface area contributed by atoms with Gasteiger partial charge in [-0.15, -0.1) is 0 Å². The fraction of sp³-hybridized carbons (Fsp3) is 0.556. The number of piperidine rings is 1. The monoisotopic (exact) mass is 314 g/mol. The molecule has 0 radical (unpaired) electrons. The van der Waals surface area contributed by atoms with Gasteiger partial charge in [0, 0.05) is 25.4 Å². The molecule has 23 heavy (non-hydrogen) atoms. The fourth-order valence-corrected chi connectivity index (χ4v) is 3.19. The first kappa shape index (κ1) is 16.0. The highest BCUT2D eigenvalue weighted by atomic mass is 16.1. The van der Waals surface area contributed by atoms with Crippen molar-refractivity contribution in [3.63, 3.8) is 0 Å². The van der Waals surface area contributed by atoms with Crippen molar-refractivity contribution < 1.29 is 4.79 Å². The minimum absolute atomic E-state index is 0.106. The lowest BCUT2D eigenvalue weighted by Crippen LogP contribution is -2.44.